The van der Waals surface area contributed by atoms with Crippen molar-refractivity contribution < 1.29 is 0 Å². The van der Waals surface area contributed by atoms with Crippen molar-refractivity contribution >= 4 is 0 Å². The molecule has 0 N–H and O–H groups in total. The van der Waals surface area contributed by atoms with Crippen LogP contribution in [-0.4, -0.2) is 0 Å². The maximum absolute atomic E-state index is 2.38. The molecule has 2 rings (SSSR count). The standard InChI is InChI=1S/C9H12/c1-9(2)7-3-4-8(9)6-5-7/h3,6H,4-5H2,1-2H3. The molecule has 0 aliphatic heterocycles. The van der Waals surface area contributed by atoms with Gasteiger partial charge >= 0.3 is 0 Å². The summed E-state index contributed by atoms with van der Waals surface area (Å²) in [5, 5.41) is 0. The molecule has 0 saturated heterocycles. The molecular formula is C9H12. The zero-order valence-electron chi connectivity index (χ0n) is 6.07. The minimum absolute atomic E-state index is 0.444. The maximum Gasteiger partial charge on any atom is 0.00704 e. The van der Waals surface area contributed by atoms with Crippen molar-refractivity contribution in [1.82, 2.24) is 0 Å². The molecule has 0 spiro atoms. The average molecular weight is 120 g/mol. The van der Waals surface area contributed by atoms with E-state index in [-0.39, 0.29) is 0 Å². The molecule has 0 heteroatoms. The summed E-state index contributed by atoms with van der Waals surface area (Å²) >= 11 is 0. The van der Waals surface area contributed by atoms with E-state index in [1.165, 1.54) is 12.8 Å². The lowest BCUT2D eigenvalue weighted by Gasteiger charge is -2.17. The van der Waals surface area contributed by atoms with Crippen LogP contribution in [0.3, 0.4) is 0 Å². The van der Waals surface area contributed by atoms with Crippen molar-refractivity contribution in [2.24, 2.45) is 5.41 Å². The lowest BCUT2D eigenvalue weighted by atomic mass is 9.87. The highest BCUT2D eigenvalue weighted by Crippen LogP contribution is 2.49. The number of hydrogen-bond donors (Lipinski definition) is 0. The first-order valence-electron chi connectivity index (χ1n) is 3.60. The second-order valence-corrected chi connectivity index (χ2v) is 3.49. The summed E-state index contributed by atoms with van der Waals surface area (Å²) in [4.78, 5) is 0. The van der Waals surface area contributed by atoms with Crippen molar-refractivity contribution in [3.63, 3.8) is 0 Å². The number of rotatable bonds is 0. The SMILES string of the molecule is CC1(C)C2=CCC1=CC2. The van der Waals surface area contributed by atoms with Crippen LogP contribution in [0.15, 0.2) is 23.3 Å². The smallest absolute Gasteiger partial charge is 0.00704 e. The first-order valence-corrected chi connectivity index (χ1v) is 3.60. The molecule has 0 radical (unpaired) electrons. The zero-order chi connectivity index (χ0) is 6.48. The van der Waals surface area contributed by atoms with Crippen molar-refractivity contribution in [2.45, 2.75) is 26.7 Å². The lowest BCUT2D eigenvalue weighted by Crippen LogP contribution is -2.06. The first kappa shape index (κ1) is 5.28. The molecule has 0 saturated carbocycles. The van der Waals surface area contributed by atoms with Gasteiger partial charge in [0.1, 0.15) is 0 Å². The molecule has 2 aliphatic rings. The second kappa shape index (κ2) is 1.31. The van der Waals surface area contributed by atoms with E-state index in [1.807, 2.05) is 0 Å². The minimum atomic E-state index is 0.444. The van der Waals surface area contributed by atoms with Crippen molar-refractivity contribution in [3.8, 4) is 0 Å². The molecule has 0 atom stereocenters. The third-order valence-corrected chi connectivity index (χ3v) is 2.74. The van der Waals surface area contributed by atoms with Gasteiger partial charge in [0.25, 0.3) is 0 Å². The summed E-state index contributed by atoms with van der Waals surface area (Å²) in [6.07, 6.45) is 7.22. The summed E-state index contributed by atoms with van der Waals surface area (Å²) in [5.74, 6) is 0. The van der Waals surface area contributed by atoms with E-state index >= 15 is 0 Å². The predicted molar refractivity (Wildman–Crippen MR) is 39.2 cm³/mol. The van der Waals surface area contributed by atoms with E-state index in [4.69, 9.17) is 0 Å². The summed E-state index contributed by atoms with van der Waals surface area (Å²) in [6.45, 7) is 4.65. The Labute approximate surface area is 56.3 Å². The maximum atomic E-state index is 2.38. The molecule has 2 bridgehead atoms. The molecule has 0 heterocycles. The Bertz CT molecular complexity index is 182. The van der Waals surface area contributed by atoms with E-state index < -0.39 is 0 Å². The molecule has 9 heavy (non-hydrogen) atoms. The number of allylic oxidation sites excluding steroid dienone is 4. The molecule has 0 aromatic heterocycles. The van der Waals surface area contributed by atoms with Crippen LogP contribution < -0.4 is 0 Å². The van der Waals surface area contributed by atoms with Gasteiger partial charge < -0.3 is 0 Å². The normalized spacial score (nSPS) is 28.2. The highest BCUT2D eigenvalue weighted by atomic mass is 14.4. The molecule has 0 amide bonds. The van der Waals surface area contributed by atoms with Crippen LogP contribution in [0.4, 0.5) is 0 Å². The number of fused-ring (bicyclic) bond motifs is 2. The van der Waals surface area contributed by atoms with Crippen LogP contribution in [0.1, 0.15) is 26.7 Å². The molecule has 48 valence electrons. The fourth-order valence-corrected chi connectivity index (χ4v) is 1.86. The lowest BCUT2D eigenvalue weighted by molar-refractivity contribution is 0.571. The summed E-state index contributed by atoms with van der Waals surface area (Å²) in [6, 6.07) is 0. The van der Waals surface area contributed by atoms with Crippen LogP contribution in [0.2, 0.25) is 0 Å². The average Bonchev–Trinajstić information content (AvgIpc) is 2.24. The first-order chi connectivity index (χ1) is 4.21. The van der Waals surface area contributed by atoms with E-state index in [1.54, 1.807) is 11.1 Å². The Hall–Kier alpha value is -0.520. The Morgan fingerprint density at radius 2 is 1.56 bits per heavy atom. The minimum Gasteiger partial charge on any atom is -0.0801 e. The van der Waals surface area contributed by atoms with Crippen molar-refractivity contribution in [1.29, 1.82) is 0 Å². The van der Waals surface area contributed by atoms with Gasteiger partial charge in [-0.2, -0.15) is 0 Å². The molecule has 0 nitrogen and oxygen atoms in total. The third-order valence-electron chi connectivity index (χ3n) is 2.74. The largest absolute Gasteiger partial charge is 0.0801 e. The molecule has 0 aromatic carbocycles. The molecule has 0 fully saturated rings. The van der Waals surface area contributed by atoms with Crippen molar-refractivity contribution in [2.75, 3.05) is 0 Å². The zero-order valence-corrected chi connectivity index (χ0v) is 6.07. The monoisotopic (exact) mass is 120 g/mol. The fraction of sp³-hybridized carbons (Fsp3) is 0.556. The predicted octanol–water partition coefficient (Wildman–Crippen LogP) is 2.67. The van der Waals surface area contributed by atoms with Crippen LogP contribution in [0.5, 0.6) is 0 Å². The molecular weight excluding hydrogens is 108 g/mol. The van der Waals surface area contributed by atoms with Gasteiger partial charge in [-0.1, -0.05) is 37.1 Å². The van der Waals surface area contributed by atoms with Gasteiger partial charge in [-0.25, -0.2) is 0 Å². The molecule has 0 unspecified atom stereocenters. The molecule has 2 aliphatic carbocycles. The van der Waals surface area contributed by atoms with Crippen molar-refractivity contribution in [3.05, 3.63) is 23.3 Å². The van der Waals surface area contributed by atoms with Crippen LogP contribution in [0.25, 0.3) is 0 Å². The van der Waals surface area contributed by atoms with E-state index in [9.17, 15) is 0 Å². The van der Waals surface area contributed by atoms with Gasteiger partial charge in [0, 0.05) is 5.41 Å². The highest BCUT2D eigenvalue weighted by molar-refractivity contribution is 5.43. The fourth-order valence-electron chi connectivity index (χ4n) is 1.86. The van der Waals surface area contributed by atoms with Gasteiger partial charge in [-0.05, 0) is 12.8 Å². The number of hydrogen-bond acceptors (Lipinski definition) is 0. The second-order valence-electron chi connectivity index (χ2n) is 3.49. The summed E-state index contributed by atoms with van der Waals surface area (Å²) < 4.78 is 0. The van der Waals surface area contributed by atoms with Gasteiger partial charge in [-0.3, -0.25) is 0 Å². The Balaban J connectivity index is 2.51. The molecule has 0 aromatic rings. The Morgan fingerprint density at radius 1 is 1.11 bits per heavy atom. The Morgan fingerprint density at radius 3 is 1.67 bits per heavy atom. The third kappa shape index (κ3) is 0.487. The van der Waals surface area contributed by atoms with E-state index in [2.05, 4.69) is 26.0 Å². The van der Waals surface area contributed by atoms with Gasteiger partial charge in [0.15, 0.2) is 0 Å². The van der Waals surface area contributed by atoms with Crippen LogP contribution in [0, 0.1) is 5.41 Å². The van der Waals surface area contributed by atoms with Gasteiger partial charge in [-0.15, -0.1) is 0 Å². The van der Waals surface area contributed by atoms with Crippen LogP contribution >= 0.6 is 0 Å². The van der Waals surface area contributed by atoms with Gasteiger partial charge in [0.2, 0.25) is 0 Å². The van der Waals surface area contributed by atoms with E-state index in [0.29, 0.717) is 5.41 Å². The van der Waals surface area contributed by atoms with Crippen LogP contribution in [-0.2, 0) is 0 Å². The summed E-state index contributed by atoms with van der Waals surface area (Å²) in [7, 11) is 0. The quantitative estimate of drug-likeness (QED) is 0.431. The topological polar surface area (TPSA) is 0 Å². The van der Waals surface area contributed by atoms with Gasteiger partial charge in [0.05, 0.1) is 0 Å². The highest BCUT2D eigenvalue weighted by Gasteiger charge is 2.35. The van der Waals surface area contributed by atoms with E-state index in [0.717, 1.165) is 0 Å². The summed E-state index contributed by atoms with van der Waals surface area (Å²) in [5.41, 5.74) is 3.72. The Kier molecular flexibility index (Phi) is 0.769.